The monoisotopic (exact) mass is 373 g/mol. The summed E-state index contributed by atoms with van der Waals surface area (Å²) in [6, 6.07) is 3.84. The molecule has 1 atom stereocenters. The first kappa shape index (κ1) is 17.6. The van der Waals surface area contributed by atoms with Crippen LogP contribution in [0.3, 0.4) is 0 Å². The zero-order chi connectivity index (χ0) is 17.2. The highest BCUT2D eigenvalue weighted by atomic mass is 32.2. The Balaban J connectivity index is 1.51. The third-order valence-electron chi connectivity index (χ3n) is 4.77. The highest BCUT2D eigenvalue weighted by molar-refractivity contribution is 7.91. The summed E-state index contributed by atoms with van der Waals surface area (Å²) in [5.74, 6) is 0.367. The van der Waals surface area contributed by atoms with Gasteiger partial charge in [-0.3, -0.25) is 4.98 Å². The maximum Gasteiger partial charge on any atom is 0.214 e. The highest BCUT2D eigenvalue weighted by Crippen LogP contribution is 2.23. The van der Waals surface area contributed by atoms with Crippen molar-refractivity contribution in [1.29, 1.82) is 0 Å². The molecule has 0 saturated carbocycles. The standard InChI is InChI=1S/C15H23N3O4S2/c19-23(20)11-3-14(13-23)4-12-24(21,22)18-9-7-17(8-10-18)15-1-5-16-6-2-15/h1-2,5-6,14H,3-4,7-13H2. The van der Waals surface area contributed by atoms with Crippen molar-refractivity contribution in [2.45, 2.75) is 12.8 Å². The number of pyridine rings is 1. The van der Waals surface area contributed by atoms with Gasteiger partial charge in [-0.2, -0.15) is 4.31 Å². The van der Waals surface area contributed by atoms with E-state index in [0.29, 0.717) is 39.0 Å². The number of nitrogens with zero attached hydrogens (tertiary/aromatic N) is 3. The molecular weight excluding hydrogens is 350 g/mol. The second-order valence-electron chi connectivity index (χ2n) is 6.47. The summed E-state index contributed by atoms with van der Waals surface area (Å²) in [6.07, 6.45) is 4.49. The molecule has 134 valence electrons. The molecule has 2 saturated heterocycles. The van der Waals surface area contributed by atoms with E-state index in [1.54, 1.807) is 12.4 Å². The van der Waals surface area contributed by atoms with Gasteiger partial charge in [-0.25, -0.2) is 16.8 Å². The summed E-state index contributed by atoms with van der Waals surface area (Å²) in [7, 11) is -6.26. The Morgan fingerprint density at radius 2 is 1.79 bits per heavy atom. The lowest BCUT2D eigenvalue weighted by Crippen LogP contribution is -2.49. The lowest BCUT2D eigenvalue weighted by atomic mass is 10.1. The van der Waals surface area contributed by atoms with Crippen LogP contribution >= 0.6 is 0 Å². The predicted octanol–water partition coefficient (Wildman–Crippen LogP) is 0.358. The van der Waals surface area contributed by atoms with E-state index >= 15 is 0 Å². The van der Waals surface area contributed by atoms with E-state index < -0.39 is 19.9 Å². The van der Waals surface area contributed by atoms with Gasteiger partial charge in [0.05, 0.1) is 17.3 Å². The molecule has 0 aliphatic carbocycles. The van der Waals surface area contributed by atoms with Crippen molar-refractivity contribution in [2.24, 2.45) is 5.92 Å². The molecule has 1 aromatic rings. The van der Waals surface area contributed by atoms with E-state index in [1.165, 1.54) is 4.31 Å². The Kier molecular flexibility index (Phi) is 5.12. The molecule has 2 fully saturated rings. The smallest absolute Gasteiger partial charge is 0.214 e. The van der Waals surface area contributed by atoms with Crippen molar-refractivity contribution >= 4 is 25.5 Å². The van der Waals surface area contributed by atoms with Crippen LogP contribution in [-0.2, 0) is 19.9 Å². The average molecular weight is 374 g/mol. The number of aromatic nitrogens is 1. The van der Waals surface area contributed by atoms with Crippen LogP contribution < -0.4 is 4.90 Å². The SMILES string of the molecule is O=S1(=O)CCC(CCS(=O)(=O)N2CCN(c3ccncc3)CC2)C1. The second-order valence-corrected chi connectivity index (χ2v) is 10.8. The van der Waals surface area contributed by atoms with Crippen molar-refractivity contribution in [3.8, 4) is 0 Å². The van der Waals surface area contributed by atoms with Gasteiger partial charge >= 0.3 is 0 Å². The van der Waals surface area contributed by atoms with Crippen molar-refractivity contribution in [1.82, 2.24) is 9.29 Å². The normalized spacial score (nSPS) is 25.0. The fourth-order valence-corrected chi connectivity index (χ4v) is 6.84. The first-order valence-corrected chi connectivity index (χ1v) is 11.6. The summed E-state index contributed by atoms with van der Waals surface area (Å²) < 4.78 is 49.5. The Labute approximate surface area is 143 Å². The number of hydrogen-bond donors (Lipinski definition) is 0. The second kappa shape index (κ2) is 6.97. The maximum atomic E-state index is 12.5. The zero-order valence-electron chi connectivity index (χ0n) is 13.5. The van der Waals surface area contributed by atoms with Crippen LogP contribution in [-0.4, -0.2) is 69.6 Å². The average Bonchev–Trinajstić information content (AvgIpc) is 2.93. The molecule has 0 radical (unpaired) electrons. The van der Waals surface area contributed by atoms with E-state index in [0.717, 1.165) is 5.69 Å². The minimum Gasteiger partial charge on any atom is -0.369 e. The van der Waals surface area contributed by atoms with Crippen LogP contribution in [0.1, 0.15) is 12.8 Å². The number of hydrogen-bond acceptors (Lipinski definition) is 6. The Morgan fingerprint density at radius 1 is 1.12 bits per heavy atom. The van der Waals surface area contributed by atoms with Crippen molar-refractivity contribution in [2.75, 3.05) is 48.3 Å². The molecular formula is C15H23N3O4S2. The summed E-state index contributed by atoms with van der Waals surface area (Å²) in [6.45, 7) is 2.24. The van der Waals surface area contributed by atoms with Crippen molar-refractivity contribution in [3.63, 3.8) is 0 Å². The Morgan fingerprint density at radius 3 is 2.38 bits per heavy atom. The van der Waals surface area contributed by atoms with Crippen LogP contribution in [0.4, 0.5) is 5.69 Å². The molecule has 9 heteroatoms. The Hall–Kier alpha value is -1.19. The molecule has 0 aromatic carbocycles. The Bertz CT molecular complexity index is 757. The molecule has 0 N–H and O–H groups in total. The molecule has 3 heterocycles. The number of anilines is 1. The molecule has 24 heavy (non-hydrogen) atoms. The molecule has 0 bridgehead atoms. The fourth-order valence-electron chi connectivity index (χ4n) is 3.32. The largest absolute Gasteiger partial charge is 0.369 e. The molecule has 0 spiro atoms. The third kappa shape index (κ3) is 4.25. The number of sulfone groups is 1. The first-order valence-electron chi connectivity index (χ1n) is 8.19. The van der Waals surface area contributed by atoms with Crippen molar-refractivity contribution < 1.29 is 16.8 Å². The third-order valence-corrected chi connectivity index (χ3v) is 8.51. The highest BCUT2D eigenvalue weighted by Gasteiger charge is 2.31. The summed E-state index contributed by atoms with van der Waals surface area (Å²) in [5, 5.41) is 0. The van der Waals surface area contributed by atoms with E-state index in [1.807, 2.05) is 12.1 Å². The van der Waals surface area contributed by atoms with Crippen LogP contribution in [0.2, 0.25) is 0 Å². The molecule has 3 rings (SSSR count). The van der Waals surface area contributed by atoms with Gasteiger partial charge in [0, 0.05) is 44.3 Å². The molecule has 0 amide bonds. The van der Waals surface area contributed by atoms with Crippen LogP contribution in [0.15, 0.2) is 24.5 Å². The van der Waals surface area contributed by atoms with Crippen LogP contribution in [0, 0.1) is 5.92 Å². The molecule has 2 aliphatic rings. The minimum absolute atomic E-state index is 0.0112. The fraction of sp³-hybridized carbons (Fsp3) is 0.667. The van der Waals surface area contributed by atoms with Crippen LogP contribution in [0.5, 0.6) is 0 Å². The van der Waals surface area contributed by atoms with Gasteiger partial charge in [0.25, 0.3) is 0 Å². The zero-order valence-corrected chi connectivity index (χ0v) is 15.2. The molecule has 1 unspecified atom stereocenters. The van der Waals surface area contributed by atoms with Crippen molar-refractivity contribution in [3.05, 3.63) is 24.5 Å². The lowest BCUT2D eigenvalue weighted by molar-refractivity contribution is 0.382. The molecule has 2 aliphatic heterocycles. The number of piperazine rings is 1. The predicted molar refractivity (Wildman–Crippen MR) is 93.2 cm³/mol. The number of rotatable bonds is 5. The minimum atomic E-state index is -3.31. The van der Waals surface area contributed by atoms with Crippen LogP contribution in [0.25, 0.3) is 0 Å². The summed E-state index contributed by atoms with van der Waals surface area (Å²) in [5.41, 5.74) is 1.05. The van der Waals surface area contributed by atoms with E-state index in [9.17, 15) is 16.8 Å². The van der Waals surface area contributed by atoms with E-state index in [-0.39, 0.29) is 23.2 Å². The van der Waals surface area contributed by atoms with E-state index in [4.69, 9.17) is 0 Å². The van der Waals surface area contributed by atoms with Gasteiger partial charge in [0.2, 0.25) is 10.0 Å². The van der Waals surface area contributed by atoms with Gasteiger partial charge in [-0.05, 0) is 30.9 Å². The summed E-state index contributed by atoms with van der Waals surface area (Å²) >= 11 is 0. The maximum absolute atomic E-state index is 12.5. The first-order chi connectivity index (χ1) is 11.4. The lowest BCUT2D eigenvalue weighted by Gasteiger charge is -2.35. The van der Waals surface area contributed by atoms with E-state index in [2.05, 4.69) is 9.88 Å². The van der Waals surface area contributed by atoms with Gasteiger partial charge in [-0.1, -0.05) is 0 Å². The van der Waals surface area contributed by atoms with Gasteiger partial charge in [-0.15, -0.1) is 0 Å². The quantitative estimate of drug-likeness (QED) is 0.740. The molecule has 7 nitrogen and oxygen atoms in total. The topological polar surface area (TPSA) is 87.6 Å². The summed E-state index contributed by atoms with van der Waals surface area (Å²) in [4.78, 5) is 6.14. The number of sulfonamides is 1. The molecule has 1 aromatic heterocycles. The van der Waals surface area contributed by atoms with Gasteiger partial charge in [0.1, 0.15) is 0 Å². The van der Waals surface area contributed by atoms with Gasteiger partial charge < -0.3 is 4.90 Å². The van der Waals surface area contributed by atoms with Gasteiger partial charge in [0.15, 0.2) is 9.84 Å².